The quantitative estimate of drug-likeness (QED) is 0.438. The number of alkyl halides is 1. The van der Waals surface area contributed by atoms with Crippen molar-refractivity contribution in [2.75, 3.05) is 0 Å². The van der Waals surface area contributed by atoms with Crippen molar-refractivity contribution >= 4 is 15.9 Å². The van der Waals surface area contributed by atoms with Crippen LogP contribution in [0.3, 0.4) is 0 Å². The molecule has 12 heavy (non-hydrogen) atoms. The van der Waals surface area contributed by atoms with Gasteiger partial charge >= 0.3 is 0 Å². The molecular weight excluding hydrogens is 212 g/mol. The Morgan fingerprint density at radius 1 is 1.17 bits per heavy atom. The molecule has 4 fully saturated rings. The molecule has 4 atom stereocenters. The molecule has 4 aliphatic rings. The van der Waals surface area contributed by atoms with Crippen LogP contribution in [0.5, 0.6) is 0 Å². The third-order valence-electron chi connectivity index (χ3n) is 4.20. The van der Waals surface area contributed by atoms with Crippen LogP contribution in [-0.2, 0) is 0 Å². The van der Waals surface area contributed by atoms with Gasteiger partial charge in [-0.15, -0.1) is 0 Å². The molecule has 0 aromatic heterocycles. The standard InChI is InChI=1S/C11H15Br/c1-7-10-3-8-2-9(4-10)6-11(7,12)5-8/h8-10H,1-6H2/t8-,9+,10?,11?. The number of allylic oxidation sites excluding steroid dienone is 1. The first-order chi connectivity index (χ1) is 5.67. The van der Waals surface area contributed by atoms with Gasteiger partial charge in [-0.2, -0.15) is 0 Å². The minimum absolute atomic E-state index is 0.377. The zero-order valence-electron chi connectivity index (χ0n) is 7.35. The summed E-state index contributed by atoms with van der Waals surface area (Å²) in [6.45, 7) is 4.28. The second-order valence-electron chi connectivity index (χ2n) is 5.03. The van der Waals surface area contributed by atoms with E-state index in [0.717, 1.165) is 17.8 Å². The fraction of sp³-hybridized carbons (Fsp3) is 0.818. The van der Waals surface area contributed by atoms with Crippen LogP contribution in [0.25, 0.3) is 0 Å². The Morgan fingerprint density at radius 3 is 2.25 bits per heavy atom. The Balaban J connectivity index is 2.02. The fourth-order valence-electron chi connectivity index (χ4n) is 3.81. The van der Waals surface area contributed by atoms with Crippen LogP contribution in [0.2, 0.25) is 0 Å². The van der Waals surface area contributed by atoms with E-state index in [-0.39, 0.29) is 0 Å². The van der Waals surface area contributed by atoms with E-state index in [1.807, 2.05) is 0 Å². The number of halogens is 1. The molecule has 2 unspecified atom stereocenters. The van der Waals surface area contributed by atoms with Gasteiger partial charge in [0.25, 0.3) is 0 Å². The molecule has 0 N–H and O–H groups in total. The zero-order chi connectivity index (χ0) is 8.34. The van der Waals surface area contributed by atoms with Gasteiger partial charge in [0, 0.05) is 4.32 Å². The summed E-state index contributed by atoms with van der Waals surface area (Å²) in [5.41, 5.74) is 1.52. The van der Waals surface area contributed by atoms with Crippen LogP contribution in [-0.4, -0.2) is 4.32 Å². The second-order valence-corrected chi connectivity index (χ2v) is 6.55. The molecule has 0 aliphatic heterocycles. The summed E-state index contributed by atoms with van der Waals surface area (Å²) in [5.74, 6) is 2.91. The molecule has 4 bridgehead atoms. The van der Waals surface area contributed by atoms with Crippen molar-refractivity contribution in [2.24, 2.45) is 17.8 Å². The van der Waals surface area contributed by atoms with E-state index in [2.05, 4.69) is 22.5 Å². The molecule has 4 aliphatic carbocycles. The van der Waals surface area contributed by atoms with Gasteiger partial charge in [-0.25, -0.2) is 0 Å². The van der Waals surface area contributed by atoms with Gasteiger partial charge in [0.1, 0.15) is 0 Å². The molecule has 0 spiro atoms. The number of rotatable bonds is 0. The monoisotopic (exact) mass is 226 g/mol. The molecule has 1 heteroatoms. The van der Waals surface area contributed by atoms with E-state index in [0.29, 0.717) is 4.32 Å². The summed E-state index contributed by atoms with van der Waals surface area (Å²) in [4.78, 5) is 0. The minimum Gasteiger partial charge on any atom is -0.0982 e. The Labute approximate surface area is 82.5 Å². The van der Waals surface area contributed by atoms with Crippen molar-refractivity contribution in [2.45, 2.75) is 36.4 Å². The smallest absolute Gasteiger partial charge is 0.0471 e. The summed E-state index contributed by atoms with van der Waals surface area (Å²) in [7, 11) is 0. The molecule has 0 aromatic carbocycles. The first kappa shape index (κ1) is 7.61. The topological polar surface area (TPSA) is 0 Å². The average Bonchev–Trinajstić information content (AvgIpc) is 1.98. The molecule has 0 heterocycles. The zero-order valence-corrected chi connectivity index (χ0v) is 8.94. The molecule has 4 saturated carbocycles. The van der Waals surface area contributed by atoms with Gasteiger partial charge in [-0.3, -0.25) is 0 Å². The largest absolute Gasteiger partial charge is 0.0982 e. The summed E-state index contributed by atoms with van der Waals surface area (Å²) in [6, 6.07) is 0. The van der Waals surface area contributed by atoms with E-state index in [9.17, 15) is 0 Å². The lowest BCUT2D eigenvalue weighted by Crippen LogP contribution is -2.48. The average molecular weight is 227 g/mol. The first-order valence-electron chi connectivity index (χ1n) is 5.05. The van der Waals surface area contributed by atoms with Crippen molar-refractivity contribution in [3.8, 4) is 0 Å². The van der Waals surface area contributed by atoms with E-state index in [1.54, 1.807) is 0 Å². The van der Waals surface area contributed by atoms with Gasteiger partial charge in [-0.05, 0) is 49.9 Å². The Hall–Kier alpha value is 0.220. The Bertz CT molecular complexity index is 229. The van der Waals surface area contributed by atoms with Gasteiger partial charge in [-0.1, -0.05) is 28.1 Å². The fourth-order valence-corrected chi connectivity index (χ4v) is 5.05. The molecule has 0 nitrogen and oxygen atoms in total. The van der Waals surface area contributed by atoms with Crippen LogP contribution < -0.4 is 0 Å². The SMILES string of the molecule is C=C1C2C[C@@H]3C[C@H](C2)CC1(Br)C3. The van der Waals surface area contributed by atoms with E-state index in [4.69, 9.17) is 0 Å². The molecule has 0 amide bonds. The minimum atomic E-state index is 0.377. The van der Waals surface area contributed by atoms with E-state index >= 15 is 0 Å². The van der Waals surface area contributed by atoms with Crippen molar-refractivity contribution in [1.29, 1.82) is 0 Å². The highest BCUT2D eigenvalue weighted by molar-refractivity contribution is 9.10. The maximum atomic E-state index is 4.28. The van der Waals surface area contributed by atoms with Crippen LogP contribution in [0.1, 0.15) is 32.1 Å². The molecule has 0 saturated heterocycles. The highest BCUT2D eigenvalue weighted by Crippen LogP contribution is 2.61. The third kappa shape index (κ3) is 0.837. The molecule has 0 aromatic rings. The molecule has 66 valence electrons. The van der Waals surface area contributed by atoms with Gasteiger partial charge < -0.3 is 0 Å². The summed E-state index contributed by atoms with van der Waals surface area (Å²) < 4.78 is 0.377. The van der Waals surface area contributed by atoms with Gasteiger partial charge in [0.05, 0.1) is 0 Å². The summed E-state index contributed by atoms with van der Waals surface area (Å²) >= 11 is 3.92. The van der Waals surface area contributed by atoms with E-state index < -0.39 is 0 Å². The van der Waals surface area contributed by atoms with Crippen LogP contribution in [0.4, 0.5) is 0 Å². The molecular formula is C11H15Br. The van der Waals surface area contributed by atoms with Crippen LogP contribution in [0, 0.1) is 17.8 Å². The predicted molar refractivity (Wildman–Crippen MR) is 54.4 cm³/mol. The van der Waals surface area contributed by atoms with Crippen molar-refractivity contribution in [3.05, 3.63) is 12.2 Å². The van der Waals surface area contributed by atoms with Crippen LogP contribution in [0.15, 0.2) is 12.2 Å². The van der Waals surface area contributed by atoms with Gasteiger partial charge in [0.15, 0.2) is 0 Å². The van der Waals surface area contributed by atoms with E-state index in [1.165, 1.54) is 37.7 Å². The summed E-state index contributed by atoms with van der Waals surface area (Å²) in [6.07, 6.45) is 7.15. The van der Waals surface area contributed by atoms with Crippen LogP contribution >= 0.6 is 15.9 Å². The lowest BCUT2D eigenvalue weighted by molar-refractivity contribution is 0.0891. The number of hydrogen-bond acceptors (Lipinski definition) is 0. The van der Waals surface area contributed by atoms with Crippen molar-refractivity contribution in [3.63, 3.8) is 0 Å². The maximum absolute atomic E-state index is 4.28. The Kier molecular flexibility index (Phi) is 1.38. The van der Waals surface area contributed by atoms with Crippen molar-refractivity contribution < 1.29 is 0 Å². The normalized spacial score (nSPS) is 56.4. The molecule has 0 radical (unpaired) electrons. The lowest BCUT2D eigenvalue weighted by Gasteiger charge is -2.55. The maximum Gasteiger partial charge on any atom is 0.0471 e. The first-order valence-corrected chi connectivity index (χ1v) is 5.85. The third-order valence-corrected chi connectivity index (χ3v) is 5.35. The highest BCUT2D eigenvalue weighted by Gasteiger charge is 2.51. The lowest BCUT2D eigenvalue weighted by atomic mass is 9.54. The van der Waals surface area contributed by atoms with Crippen molar-refractivity contribution in [1.82, 2.24) is 0 Å². The second kappa shape index (κ2) is 2.17. The van der Waals surface area contributed by atoms with Gasteiger partial charge in [0.2, 0.25) is 0 Å². The summed E-state index contributed by atoms with van der Waals surface area (Å²) in [5, 5.41) is 0. The molecule has 4 rings (SSSR count). The predicted octanol–water partition coefficient (Wildman–Crippen LogP) is 3.52. The Morgan fingerprint density at radius 2 is 1.75 bits per heavy atom. The highest BCUT2D eigenvalue weighted by atomic mass is 79.9. The number of hydrogen-bond donors (Lipinski definition) is 0.